The molecule has 0 aliphatic carbocycles. The first-order valence-corrected chi connectivity index (χ1v) is 5.65. The van der Waals surface area contributed by atoms with Crippen molar-refractivity contribution in [2.45, 2.75) is 38.5 Å². The smallest absolute Gasteiger partial charge is 0.303 e. The van der Waals surface area contributed by atoms with Crippen LogP contribution >= 0.6 is 0 Å². The third kappa shape index (κ3) is 6.00. The number of hydrogen-bond acceptors (Lipinski definition) is 1. The number of aliphatic carboxylic acids is 1. The molecule has 94 valence electrons. The van der Waals surface area contributed by atoms with Gasteiger partial charge in [-0.05, 0) is 30.4 Å². The fraction of sp³-hybridized carbons (Fsp3) is 0.462. The molecule has 0 aliphatic rings. The minimum absolute atomic E-state index is 0.113. The van der Waals surface area contributed by atoms with E-state index in [-0.39, 0.29) is 12.8 Å². The van der Waals surface area contributed by atoms with E-state index in [1.807, 2.05) is 24.3 Å². The van der Waals surface area contributed by atoms with Crippen LogP contribution in [-0.2, 0) is 17.6 Å². The van der Waals surface area contributed by atoms with Crippen molar-refractivity contribution in [3.63, 3.8) is 0 Å². The highest BCUT2D eigenvalue weighted by Crippen LogP contribution is 2.11. The van der Waals surface area contributed by atoms with Gasteiger partial charge in [-0.1, -0.05) is 24.3 Å². The normalized spacial score (nSPS) is 10.8. The van der Waals surface area contributed by atoms with E-state index in [2.05, 4.69) is 0 Å². The number of halogens is 2. The second kappa shape index (κ2) is 6.99. The van der Waals surface area contributed by atoms with Gasteiger partial charge in [-0.2, -0.15) is 0 Å². The van der Waals surface area contributed by atoms with Crippen molar-refractivity contribution >= 4 is 5.97 Å². The molecule has 1 N–H and O–H groups in total. The zero-order valence-electron chi connectivity index (χ0n) is 9.53. The lowest BCUT2D eigenvalue weighted by molar-refractivity contribution is -0.137. The molecule has 1 rings (SSSR count). The maximum absolute atomic E-state index is 12.0. The molecule has 17 heavy (non-hydrogen) atoms. The molecule has 4 heteroatoms. The number of hydrogen-bond donors (Lipinski definition) is 1. The Morgan fingerprint density at radius 1 is 1.12 bits per heavy atom. The molecule has 0 heterocycles. The van der Waals surface area contributed by atoms with E-state index < -0.39 is 12.4 Å². The molecule has 1 aromatic carbocycles. The number of benzene rings is 1. The summed E-state index contributed by atoms with van der Waals surface area (Å²) in [5.41, 5.74) is 1.94. The number of carboxylic acid groups (broad SMARTS) is 1. The average Bonchev–Trinajstić information content (AvgIpc) is 2.27. The molecule has 0 radical (unpaired) electrons. The molecular formula is C13H16F2O2. The van der Waals surface area contributed by atoms with Crippen molar-refractivity contribution in [3.05, 3.63) is 35.4 Å². The van der Waals surface area contributed by atoms with E-state index in [4.69, 9.17) is 5.11 Å². The average molecular weight is 242 g/mol. The Morgan fingerprint density at radius 3 is 2.12 bits per heavy atom. The summed E-state index contributed by atoms with van der Waals surface area (Å²) in [5, 5.41) is 8.49. The van der Waals surface area contributed by atoms with Crippen LogP contribution < -0.4 is 0 Å². The molecule has 0 atom stereocenters. The van der Waals surface area contributed by atoms with Crippen LogP contribution in [0.5, 0.6) is 0 Å². The molecule has 0 spiro atoms. The van der Waals surface area contributed by atoms with E-state index in [1.165, 1.54) is 0 Å². The molecular weight excluding hydrogens is 226 g/mol. The van der Waals surface area contributed by atoms with Crippen molar-refractivity contribution in [2.24, 2.45) is 0 Å². The number of aryl methyl sites for hydroxylation is 2. The lowest BCUT2D eigenvalue weighted by atomic mass is 10.0. The third-order valence-corrected chi connectivity index (χ3v) is 2.53. The predicted octanol–water partition coefficient (Wildman–Crippen LogP) is 3.29. The van der Waals surface area contributed by atoms with E-state index >= 15 is 0 Å². The van der Waals surface area contributed by atoms with Crippen LogP contribution in [0.2, 0.25) is 0 Å². The summed E-state index contributed by atoms with van der Waals surface area (Å²) in [6.07, 6.45) is -0.517. The monoisotopic (exact) mass is 242 g/mol. The number of rotatable bonds is 7. The maximum Gasteiger partial charge on any atom is 0.303 e. The van der Waals surface area contributed by atoms with E-state index in [0.29, 0.717) is 19.3 Å². The first-order valence-electron chi connectivity index (χ1n) is 5.65. The molecule has 0 aromatic heterocycles. The summed E-state index contributed by atoms with van der Waals surface area (Å²) in [6, 6.07) is 7.42. The Kier molecular flexibility index (Phi) is 5.60. The molecule has 0 unspecified atom stereocenters. The summed E-state index contributed by atoms with van der Waals surface area (Å²) < 4.78 is 24.0. The van der Waals surface area contributed by atoms with Gasteiger partial charge in [0.15, 0.2) is 0 Å². The van der Waals surface area contributed by atoms with Crippen LogP contribution in [0.15, 0.2) is 24.3 Å². The second-order valence-corrected chi connectivity index (χ2v) is 3.99. The number of carboxylic acids is 1. The summed E-state index contributed by atoms with van der Waals surface area (Å²) in [4.78, 5) is 10.3. The van der Waals surface area contributed by atoms with Crippen molar-refractivity contribution in [3.8, 4) is 0 Å². The highest BCUT2D eigenvalue weighted by molar-refractivity contribution is 5.66. The van der Waals surface area contributed by atoms with Gasteiger partial charge in [0.25, 0.3) is 0 Å². The Bertz CT molecular complexity index is 347. The third-order valence-electron chi connectivity index (χ3n) is 2.53. The van der Waals surface area contributed by atoms with Crippen molar-refractivity contribution in [2.75, 3.05) is 0 Å². The molecule has 2 nitrogen and oxygen atoms in total. The van der Waals surface area contributed by atoms with Gasteiger partial charge in [-0.3, -0.25) is 4.79 Å². The molecule has 0 saturated heterocycles. The fourth-order valence-electron chi connectivity index (χ4n) is 1.59. The van der Waals surface area contributed by atoms with Gasteiger partial charge in [-0.15, -0.1) is 0 Å². The van der Waals surface area contributed by atoms with Gasteiger partial charge < -0.3 is 5.11 Å². The van der Waals surface area contributed by atoms with Gasteiger partial charge in [0, 0.05) is 12.8 Å². The van der Waals surface area contributed by atoms with Gasteiger partial charge in [0.05, 0.1) is 0 Å². The highest BCUT2D eigenvalue weighted by atomic mass is 19.3. The van der Waals surface area contributed by atoms with Crippen molar-refractivity contribution in [1.82, 2.24) is 0 Å². The van der Waals surface area contributed by atoms with E-state index in [0.717, 1.165) is 11.1 Å². The molecule has 0 fully saturated rings. The lowest BCUT2D eigenvalue weighted by Crippen LogP contribution is -1.97. The van der Waals surface area contributed by atoms with Crippen LogP contribution in [0.4, 0.5) is 8.78 Å². The zero-order valence-corrected chi connectivity index (χ0v) is 9.53. The Labute approximate surface area is 99.3 Å². The standard InChI is InChI=1S/C13H16F2O2/c14-12(15)9-8-11-6-4-10(5-7-11)2-1-3-13(16)17/h4-7,12H,1-3,8-9H2,(H,16,17). The Balaban J connectivity index is 2.36. The highest BCUT2D eigenvalue weighted by Gasteiger charge is 2.03. The summed E-state index contributed by atoms with van der Waals surface area (Å²) in [5.74, 6) is -0.793. The topological polar surface area (TPSA) is 37.3 Å². The van der Waals surface area contributed by atoms with Gasteiger partial charge in [0.1, 0.15) is 0 Å². The van der Waals surface area contributed by atoms with Gasteiger partial charge >= 0.3 is 5.97 Å². The van der Waals surface area contributed by atoms with Gasteiger partial charge in [-0.25, -0.2) is 8.78 Å². The van der Waals surface area contributed by atoms with Crippen LogP contribution in [0.3, 0.4) is 0 Å². The first kappa shape index (κ1) is 13.6. The van der Waals surface area contributed by atoms with Gasteiger partial charge in [0.2, 0.25) is 6.43 Å². The fourth-order valence-corrected chi connectivity index (χ4v) is 1.59. The van der Waals surface area contributed by atoms with Crippen molar-refractivity contribution in [1.29, 1.82) is 0 Å². The first-order chi connectivity index (χ1) is 8.08. The second-order valence-electron chi connectivity index (χ2n) is 3.99. The summed E-state index contributed by atoms with van der Waals surface area (Å²) in [7, 11) is 0. The molecule has 1 aromatic rings. The minimum atomic E-state index is -2.26. The maximum atomic E-state index is 12.0. The van der Waals surface area contributed by atoms with E-state index in [9.17, 15) is 13.6 Å². The minimum Gasteiger partial charge on any atom is -0.481 e. The number of alkyl halides is 2. The van der Waals surface area contributed by atoms with Crippen LogP contribution in [0.1, 0.15) is 30.4 Å². The molecule has 0 aliphatic heterocycles. The van der Waals surface area contributed by atoms with E-state index in [1.54, 1.807) is 0 Å². The van der Waals surface area contributed by atoms with Crippen LogP contribution in [0.25, 0.3) is 0 Å². The molecule has 0 bridgehead atoms. The summed E-state index contributed by atoms with van der Waals surface area (Å²) >= 11 is 0. The molecule has 0 saturated carbocycles. The van der Waals surface area contributed by atoms with Crippen molar-refractivity contribution < 1.29 is 18.7 Å². The predicted molar refractivity (Wildman–Crippen MR) is 61.3 cm³/mol. The lowest BCUT2D eigenvalue weighted by Gasteiger charge is -2.03. The Morgan fingerprint density at radius 2 is 1.65 bits per heavy atom. The van der Waals surface area contributed by atoms with Crippen LogP contribution in [-0.4, -0.2) is 17.5 Å². The number of carbonyl (C=O) groups is 1. The summed E-state index contributed by atoms with van der Waals surface area (Å²) in [6.45, 7) is 0. The quantitative estimate of drug-likeness (QED) is 0.796. The Hall–Kier alpha value is -1.45. The SMILES string of the molecule is O=C(O)CCCc1ccc(CCC(F)F)cc1. The largest absolute Gasteiger partial charge is 0.481 e. The van der Waals surface area contributed by atoms with Crippen LogP contribution in [0, 0.1) is 0 Å². The molecule has 0 amide bonds. The zero-order chi connectivity index (χ0) is 12.7.